The van der Waals surface area contributed by atoms with Gasteiger partial charge in [-0.05, 0) is 25.5 Å². The van der Waals surface area contributed by atoms with E-state index in [4.69, 9.17) is 9.47 Å². The van der Waals surface area contributed by atoms with E-state index in [1.54, 1.807) is 0 Å². The Hall–Kier alpha value is -1.88. The van der Waals surface area contributed by atoms with Crippen molar-refractivity contribution in [2.75, 3.05) is 26.2 Å². The van der Waals surface area contributed by atoms with Crippen molar-refractivity contribution in [3.8, 4) is 16.9 Å². The first-order chi connectivity index (χ1) is 12.1. The van der Waals surface area contributed by atoms with Crippen LogP contribution in [0, 0.1) is 0 Å². The van der Waals surface area contributed by atoms with Gasteiger partial charge in [-0.25, -0.2) is 0 Å². The Morgan fingerprint density at radius 3 is 2.40 bits per heavy atom. The molecular formula is C21H27NO3. The molecule has 0 bridgehead atoms. The number of benzene rings is 2. The van der Waals surface area contributed by atoms with Crippen molar-refractivity contribution in [3.05, 3.63) is 54.6 Å². The number of para-hydroxylation sites is 1. The number of aliphatic hydroxyl groups is 1. The maximum absolute atomic E-state index is 10.4. The number of rotatable bonds is 6. The monoisotopic (exact) mass is 341 g/mol. The summed E-state index contributed by atoms with van der Waals surface area (Å²) in [6, 6.07) is 18.1. The van der Waals surface area contributed by atoms with Crippen LogP contribution >= 0.6 is 0 Å². The molecule has 1 N–H and O–H groups in total. The third-order valence-corrected chi connectivity index (χ3v) is 4.37. The van der Waals surface area contributed by atoms with Crippen LogP contribution in [0.2, 0.25) is 0 Å². The molecule has 1 saturated heterocycles. The highest BCUT2D eigenvalue weighted by molar-refractivity contribution is 5.70. The molecule has 0 amide bonds. The fourth-order valence-electron chi connectivity index (χ4n) is 3.42. The number of morpholine rings is 1. The van der Waals surface area contributed by atoms with Gasteiger partial charge in [0.05, 0.1) is 12.2 Å². The molecule has 0 spiro atoms. The van der Waals surface area contributed by atoms with Gasteiger partial charge >= 0.3 is 0 Å². The van der Waals surface area contributed by atoms with E-state index in [9.17, 15) is 5.11 Å². The molecule has 0 aromatic heterocycles. The Labute approximate surface area is 150 Å². The summed E-state index contributed by atoms with van der Waals surface area (Å²) in [6.07, 6.45) is -0.118. The first kappa shape index (κ1) is 17.9. The summed E-state index contributed by atoms with van der Waals surface area (Å²) < 4.78 is 11.7. The third-order valence-electron chi connectivity index (χ3n) is 4.37. The van der Waals surface area contributed by atoms with Crippen LogP contribution in [0.4, 0.5) is 0 Å². The lowest BCUT2D eigenvalue weighted by Gasteiger charge is -2.36. The van der Waals surface area contributed by atoms with E-state index >= 15 is 0 Å². The summed E-state index contributed by atoms with van der Waals surface area (Å²) in [5.74, 6) is 0.802. The van der Waals surface area contributed by atoms with Gasteiger partial charge in [0.2, 0.25) is 0 Å². The van der Waals surface area contributed by atoms with Crippen molar-refractivity contribution in [1.29, 1.82) is 0 Å². The zero-order chi connectivity index (χ0) is 17.6. The lowest BCUT2D eigenvalue weighted by Crippen LogP contribution is -2.48. The zero-order valence-electron chi connectivity index (χ0n) is 15.0. The van der Waals surface area contributed by atoms with Crippen molar-refractivity contribution in [3.63, 3.8) is 0 Å². The first-order valence-corrected chi connectivity index (χ1v) is 8.95. The van der Waals surface area contributed by atoms with Crippen LogP contribution in [-0.4, -0.2) is 54.6 Å². The van der Waals surface area contributed by atoms with Gasteiger partial charge in [0.1, 0.15) is 18.5 Å². The molecule has 0 saturated carbocycles. The molecule has 134 valence electrons. The Morgan fingerprint density at radius 1 is 1.04 bits per heavy atom. The fraction of sp³-hybridized carbons (Fsp3) is 0.429. The fourth-order valence-corrected chi connectivity index (χ4v) is 3.42. The molecule has 2 aromatic carbocycles. The summed E-state index contributed by atoms with van der Waals surface area (Å²) >= 11 is 0. The Kier molecular flexibility index (Phi) is 6.08. The molecule has 3 atom stereocenters. The molecule has 4 heteroatoms. The second-order valence-corrected chi connectivity index (χ2v) is 6.80. The van der Waals surface area contributed by atoms with Crippen LogP contribution in [0.25, 0.3) is 11.1 Å². The van der Waals surface area contributed by atoms with Crippen LogP contribution in [0.15, 0.2) is 54.6 Å². The van der Waals surface area contributed by atoms with Crippen molar-refractivity contribution in [1.82, 2.24) is 4.90 Å². The summed E-state index contributed by atoms with van der Waals surface area (Å²) in [7, 11) is 0. The van der Waals surface area contributed by atoms with E-state index in [1.165, 1.54) is 0 Å². The smallest absolute Gasteiger partial charge is 0.127 e. The van der Waals surface area contributed by atoms with Gasteiger partial charge < -0.3 is 14.6 Å². The van der Waals surface area contributed by atoms with Crippen LogP contribution in [0.3, 0.4) is 0 Å². The molecule has 3 rings (SSSR count). The lowest BCUT2D eigenvalue weighted by atomic mass is 10.1. The average molecular weight is 341 g/mol. The predicted octanol–water partition coefficient (Wildman–Crippen LogP) is 3.20. The van der Waals surface area contributed by atoms with Crippen LogP contribution in [0.5, 0.6) is 5.75 Å². The van der Waals surface area contributed by atoms with Crippen LogP contribution in [0.1, 0.15) is 13.8 Å². The van der Waals surface area contributed by atoms with Gasteiger partial charge in [0, 0.05) is 25.2 Å². The highest BCUT2D eigenvalue weighted by Crippen LogP contribution is 2.29. The van der Waals surface area contributed by atoms with Crippen molar-refractivity contribution in [2.45, 2.75) is 32.2 Å². The minimum atomic E-state index is -0.527. The maximum Gasteiger partial charge on any atom is 0.127 e. The summed E-state index contributed by atoms with van der Waals surface area (Å²) in [5, 5.41) is 10.4. The molecule has 1 aliphatic heterocycles. The maximum atomic E-state index is 10.4. The van der Waals surface area contributed by atoms with E-state index in [0.717, 1.165) is 30.0 Å². The standard InChI is InChI=1S/C21H27NO3/c1-16-12-22(13-17(2)25-16)14-19(23)15-24-21-11-7-6-10-20(21)18-8-4-3-5-9-18/h3-11,16-17,19,23H,12-15H2,1-2H3/t16-,17-,19-/m0/s1. The summed E-state index contributed by atoms with van der Waals surface area (Å²) in [4.78, 5) is 2.25. The number of hydrogen-bond acceptors (Lipinski definition) is 4. The SMILES string of the molecule is C[C@H]1CN(C[C@H](O)COc2ccccc2-c2ccccc2)C[C@H](C)O1. The molecule has 0 radical (unpaired) electrons. The van der Waals surface area contributed by atoms with Gasteiger partial charge in [-0.15, -0.1) is 0 Å². The molecule has 4 nitrogen and oxygen atoms in total. The largest absolute Gasteiger partial charge is 0.490 e. The van der Waals surface area contributed by atoms with Crippen LogP contribution < -0.4 is 4.74 Å². The molecule has 1 heterocycles. The Bertz CT molecular complexity index is 651. The average Bonchev–Trinajstić information content (AvgIpc) is 2.60. The lowest BCUT2D eigenvalue weighted by molar-refractivity contribution is -0.0786. The summed E-state index contributed by atoms with van der Waals surface area (Å²) in [6.45, 7) is 6.73. The predicted molar refractivity (Wildman–Crippen MR) is 99.8 cm³/mol. The number of aliphatic hydroxyl groups excluding tert-OH is 1. The minimum Gasteiger partial charge on any atom is -0.490 e. The van der Waals surface area contributed by atoms with E-state index in [0.29, 0.717) is 6.54 Å². The van der Waals surface area contributed by atoms with E-state index in [-0.39, 0.29) is 18.8 Å². The third kappa shape index (κ3) is 5.05. The highest BCUT2D eigenvalue weighted by Gasteiger charge is 2.24. The van der Waals surface area contributed by atoms with Gasteiger partial charge in [-0.2, -0.15) is 0 Å². The number of ether oxygens (including phenoxy) is 2. The van der Waals surface area contributed by atoms with Gasteiger partial charge in [-0.1, -0.05) is 48.5 Å². The Balaban J connectivity index is 1.58. The van der Waals surface area contributed by atoms with Crippen molar-refractivity contribution < 1.29 is 14.6 Å². The second kappa shape index (κ2) is 8.48. The Morgan fingerprint density at radius 2 is 1.68 bits per heavy atom. The van der Waals surface area contributed by atoms with E-state index in [1.807, 2.05) is 42.5 Å². The summed E-state index contributed by atoms with van der Waals surface area (Å²) in [5.41, 5.74) is 2.16. The minimum absolute atomic E-state index is 0.204. The quantitative estimate of drug-likeness (QED) is 0.876. The highest BCUT2D eigenvalue weighted by atomic mass is 16.5. The molecule has 1 fully saturated rings. The molecule has 2 aromatic rings. The molecule has 0 aliphatic carbocycles. The van der Waals surface area contributed by atoms with Gasteiger partial charge in [-0.3, -0.25) is 4.90 Å². The second-order valence-electron chi connectivity index (χ2n) is 6.80. The van der Waals surface area contributed by atoms with E-state index < -0.39 is 6.10 Å². The number of nitrogens with zero attached hydrogens (tertiary/aromatic N) is 1. The molecule has 1 aliphatic rings. The molecular weight excluding hydrogens is 314 g/mol. The number of β-amino-alcohol motifs (C(OH)–C–C–N with tert-alkyl or cyclic N) is 1. The van der Waals surface area contributed by atoms with Crippen molar-refractivity contribution in [2.24, 2.45) is 0 Å². The van der Waals surface area contributed by atoms with E-state index in [2.05, 4.69) is 30.9 Å². The van der Waals surface area contributed by atoms with Crippen molar-refractivity contribution >= 4 is 0 Å². The molecule has 0 unspecified atom stereocenters. The zero-order valence-corrected chi connectivity index (χ0v) is 15.0. The first-order valence-electron chi connectivity index (χ1n) is 8.95. The van der Waals surface area contributed by atoms with Crippen LogP contribution in [-0.2, 0) is 4.74 Å². The molecule has 25 heavy (non-hydrogen) atoms. The van der Waals surface area contributed by atoms with Gasteiger partial charge in [0.15, 0.2) is 0 Å². The normalized spacial score (nSPS) is 22.5. The topological polar surface area (TPSA) is 41.9 Å². The number of hydrogen-bond donors (Lipinski definition) is 1. The van der Waals surface area contributed by atoms with Gasteiger partial charge in [0.25, 0.3) is 0 Å².